The van der Waals surface area contributed by atoms with Crippen LogP contribution in [0.3, 0.4) is 0 Å². The van der Waals surface area contributed by atoms with Crippen molar-refractivity contribution in [3.05, 3.63) is 28.2 Å². The standard InChI is InChI=1S/C11H13BrO3S/c1-7(5-13)6-16-8-2-3-10(12)9(4-8)11(14)15/h2-4,7,13H,5-6H2,1H3,(H,14,15). The Kier molecular flexibility index (Phi) is 5.31. The minimum atomic E-state index is -0.940. The van der Waals surface area contributed by atoms with Gasteiger partial charge in [0.1, 0.15) is 0 Å². The van der Waals surface area contributed by atoms with E-state index in [2.05, 4.69) is 15.9 Å². The number of hydrogen-bond donors (Lipinski definition) is 2. The molecule has 2 N–H and O–H groups in total. The molecule has 0 aliphatic carbocycles. The first kappa shape index (κ1) is 13.5. The van der Waals surface area contributed by atoms with Gasteiger partial charge in [0.15, 0.2) is 0 Å². The molecule has 1 rings (SSSR count). The topological polar surface area (TPSA) is 57.5 Å². The van der Waals surface area contributed by atoms with Crippen molar-refractivity contribution in [2.75, 3.05) is 12.4 Å². The Morgan fingerprint density at radius 3 is 2.81 bits per heavy atom. The van der Waals surface area contributed by atoms with Crippen molar-refractivity contribution in [3.8, 4) is 0 Å². The molecule has 1 atom stereocenters. The van der Waals surface area contributed by atoms with Gasteiger partial charge in [0, 0.05) is 21.7 Å². The smallest absolute Gasteiger partial charge is 0.336 e. The molecule has 0 aliphatic heterocycles. The third-order valence-corrected chi connectivity index (χ3v) is 4.03. The van der Waals surface area contributed by atoms with E-state index in [-0.39, 0.29) is 18.1 Å². The van der Waals surface area contributed by atoms with E-state index < -0.39 is 5.97 Å². The van der Waals surface area contributed by atoms with E-state index in [0.717, 1.165) is 10.6 Å². The Labute approximate surface area is 107 Å². The lowest BCUT2D eigenvalue weighted by atomic mass is 10.2. The van der Waals surface area contributed by atoms with Gasteiger partial charge in [0.25, 0.3) is 0 Å². The summed E-state index contributed by atoms with van der Waals surface area (Å²) in [6, 6.07) is 5.24. The minimum Gasteiger partial charge on any atom is -0.478 e. The molecule has 0 radical (unpaired) electrons. The van der Waals surface area contributed by atoms with Crippen LogP contribution in [0.4, 0.5) is 0 Å². The van der Waals surface area contributed by atoms with Gasteiger partial charge in [-0.2, -0.15) is 0 Å². The maximum atomic E-state index is 10.9. The molecule has 16 heavy (non-hydrogen) atoms. The van der Waals surface area contributed by atoms with Gasteiger partial charge in [-0.3, -0.25) is 0 Å². The summed E-state index contributed by atoms with van der Waals surface area (Å²) in [6.07, 6.45) is 0. The molecule has 0 fully saturated rings. The van der Waals surface area contributed by atoms with Crippen LogP contribution < -0.4 is 0 Å². The van der Waals surface area contributed by atoms with E-state index in [1.165, 1.54) is 0 Å². The van der Waals surface area contributed by atoms with Crippen molar-refractivity contribution in [2.45, 2.75) is 11.8 Å². The van der Waals surface area contributed by atoms with Crippen LogP contribution >= 0.6 is 27.7 Å². The van der Waals surface area contributed by atoms with Gasteiger partial charge in [0.2, 0.25) is 0 Å². The molecular weight excluding hydrogens is 292 g/mol. The number of aliphatic hydroxyl groups is 1. The summed E-state index contributed by atoms with van der Waals surface area (Å²) < 4.78 is 0.583. The van der Waals surface area contributed by atoms with Crippen molar-refractivity contribution in [3.63, 3.8) is 0 Å². The molecule has 0 aromatic heterocycles. The van der Waals surface area contributed by atoms with Crippen LogP contribution in [0, 0.1) is 5.92 Å². The summed E-state index contributed by atoms with van der Waals surface area (Å²) in [4.78, 5) is 11.8. The van der Waals surface area contributed by atoms with E-state index in [0.29, 0.717) is 4.47 Å². The number of carbonyl (C=O) groups is 1. The number of hydrogen-bond acceptors (Lipinski definition) is 3. The van der Waals surface area contributed by atoms with E-state index in [9.17, 15) is 4.79 Å². The molecular formula is C11H13BrO3S. The highest BCUT2D eigenvalue weighted by Crippen LogP contribution is 2.26. The fraction of sp³-hybridized carbons (Fsp3) is 0.364. The maximum Gasteiger partial charge on any atom is 0.336 e. The number of rotatable bonds is 5. The second kappa shape index (κ2) is 6.27. The Morgan fingerprint density at radius 1 is 1.56 bits per heavy atom. The second-order valence-electron chi connectivity index (χ2n) is 3.55. The minimum absolute atomic E-state index is 0.148. The fourth-order valence-electron chi connectivity index (χ4n) is 1.05. The van der Waals surface area contributed by atoms with E-state index in [1.807, 2.05) is 13.0 Å². The summed E-state index contributed by atoms with van der Waals surface area (Å²) in [5.41, 5.74) is 0.265. The van der Waals surface area contributed by atoms with Gasteiger partial charge in [-0.25, -0.2) is 4.79 Å². The zero-order valence-electron chi connectivity index (χ0n) is 8.81. The van der Waals surface area contributed by atoms with Gasteiger partial charge < -0.3 is 10.2 Å². The van der Waals surface area contributed by atoms with Gasteiger partial charge in [-0.05, 0) is 40.0 Å². The van der Waals surface area contributed by atoms with Crippen molar-refractivity contribution in [1.29, 1.82) is 0 Å². The SMILES string of the molecule is CC(CO)CSc1ccc(Br)c(C(=O)O)c1. The molecule has 0 saturated carbocycles. The largest absolute Gasteiger partial charge is 0.478 e. The lowest BCUT2D eigenvalue weighted by molar-refractivity contribution is 0.0695. The monoisotopic (exact) mass is 304 g/mol. The Balaban J connectivity index is 2.75. The van der Waals surface area contributed by atoms with Crippen molar-refractivity contribution in [2.24, 2.45) is 5.92 Å². The van der Waals surface area contributed by atoms with Crippen LogP contribution in [0.2, 0.25) is 0 Å². The molecule has 5 heteroatoms. The zero-order valence-corrected chi connectivity index (χ0v) is 11.2. The summed E-state index contributed by atoms with van der Waals surface area (Å²) >= 11 is 4.74. The Bertz CT molecular complexity index is 381. The number of thioether (sulfide) groups is 1. The number of aromatic carboxylic acids is 1. The third-order valence-electron chi connectivity index (χ3n) is 2.01. The van der Waals surface area contributed by atoms with Gasteiger partial charge in [-0.1, -0.05) is 6.92 Å². The van der Waals surface area contributed by atoms with Crippen LogP contribution in [0.5, 0.6) is 0 Å². The predicted octanol–water partition coefficient (Wildman–Crippen LogP) is 2.87. The quantitative estimate of drug-likeness (QED) is 0.821. The molecule has 3 nitrogen and oxygen atoms in total. The number of carboxylic acids is 1. The average Bonchev–Trinajstić information content (AvgIpc) is 2.27. The highest BCUT2D eigenvalue weighted by atomic mass is 79.9. The summed E-state index contributed by atoms with van der Waals surface area (Å²) in [7, 11) is 0. The van der Waals surface area contributed by atoms with E-state index in [1.54, 1.807) is 23.9 Å². The summed E-state index contributed by atoms with van der Waals surface area (Å²) in [6.45, 7) is 2.10. The highest BCUT2D eigenvalue weighted by Gasteiger charge is 2.09. The van der Waals surface area contributed by atoms with Crippen molar-refractivity contribution >= 4 is 33.7 Å². The number of carboxylic acid groups (broad SMARTS) is 1. The molecule has 1 aromatic rings. The Hall–Kier alpha value is -0.520. The summed E-state index contributed by atoms with van der Waals surface area (Å²) in [5.74, 6) is 0.0449. The van der Waals surface area contributed by atoms with Crippen LogP contribution in [-0.4, -0.2) is 28.5 Å². The van der Waals surface area contributed by atoms with Crippen molar-refractivity contribution in [1.82, 2.24) is 0 Å². The zero-order chi connectivity index (χ0) is 12.1. The first-order valence-electron chi connectivity index (χ1n) is 4.81. The molecule has 0 amide bonds. The summed E-state index contributed by atoms with van der Waals surface area (Å²) in [5, 5.41) is 17.8. The lowest BCUT2D eigenvalue weighted by Gasteiger charge is -2.08. The predicted molar refractivity (Wildman–Crippen MR) is 68.1 cm³/mol. The van der Waals surface area contributed by atoms with Crippen LogP contribution in [0.25, 0.3) is 0 Å². The maximum absolute atomic E-state index is 10.9. The highest BCUT2D eigenvalue weighted by molar-refractivity contribution is 9.10. The van der Waals surface area contributed by atoms with Crippen LogP contribution in [-0.2, 0) is 0 Å². The normalized spacial score (nSPS) is 12.4. The van der Waals surface area contributed by atoms with Gasteiger partial charge in [0.05, 0.1) is 5.56 Å². The van der Waals surface area contributed by atoms with Crippen LogP contribution in [0.15, 0.2) is 27.6 Å². The van der Waals surface area contributed by atoms with E-state index in [4.69, 9.17) is 10.2 Å². The first-order chi connectivity index (χ1) is 7.54. The first-order valence-corrected chi connectivity index (χ1v) is 6.59. The number of aliphatic hydroxyl groups excluding tert-OH is 1. The van der Waals surface area contributed by atoms with Crippen molar-refractivity contribution < 1.29 is 15.0 Å². The molecule has 88 valence electrons. The molecule has 0 saturated heterocycles. The molecule has 1 unspecified atom stereocenters. The fourth-order valence-corrected chi connectivity index (χ4v) is 2.41. The average molecular weight is 305 g/mol. The third kappa shape index (κ3) is 3.81. The van der Waals surface area contributed by atoms with Crippen LogP contribution in [0.1, 0.15) is 17.3 Å². The van der Waals surface area contributed by atoms with E-state index >= 15 is 0 Å². The molecule has 1 aromatic carbocycles. The molecule has 0 heterocycles. The molecule has 0 spiro atoms. The number of benzene rings is 1. The second-order valence-corrected chi connectivity index (χ2v) is 5.49. The Morgan fingerprint density at radius 2 is 2.25 bits per heavy atom. The molecule has 0 aliphatic rings. The lowest BCUT2D eigenvalue weighted by Crippen LogP contribution is -2.03. The van der Waals surface area contributed by atoms with Gasteiger partial charge in [-0.15, -0.1) is 11.8 Å². The number of halogens is 1. The van der Waals surface area contributed by atoms with Gasteiger partial charge >= 0.3 is 5.97 Å². The molecule has 0 bridgehead atoms.